The maximum atomic E-state index is 11.5. The Morgan fingerprint density at radius 2 is 1.44 bits per heavy atom. The summed E-state index contributed by atoms with van der Waals surface area (Å²) in [5.74, 6) is 0.857. The van der Waals surface area contributed by atoms with E-state index in [4.69, 9.17) is 12.6 Å². The van der Waals surface area contributed by atoms with Gasteiger partial charge >= 0.3 is 0 Å². The van der Waals surface area contributed by atoms with Crippen molar-refractivity contribution in [1.82, 2.24) is 0 Å². The highest BCUT2D eigenvalue weighted by molar-refractivity contribution is 7.80. The minimum absolute atomic E-state index is 0.159. The Bertz CT molecular complexity index is 42.2. The lowest BCUT2D eigenvalue weighted by atomic mass is 10.2. The molecular formula is C7H14FS. The molecule has 0 nitrogen and oxygen atoms in total. The maximum absolute atomic E-state index is 11.5. The van der Waals surface area contributed by atoms with Gasteiger partial charge in [0.1, 0.15) is 0 Å². The van der Waals surface area contributed by atoms with Crippen molar-refractivity contribution >= 4 is 12.6 Å². The van der Waals surface area contributed by atoms with Gasteiger partial charge in [-0.25, -0.2) is 0 Å². The summed E-state index contributed by atoms with van der Waals surface area (Å²) >= 11 is 4.76. The quantitative estimate of drug-likeness (QED) is 0.509. The second-order valence-electron chi connectivity index (χ2n) is 2.16. The van der Waals surface area contributed by atoms with Gasteiger partial charge in [-0.05, 0) is 12.8 Å². The normalized spacial score (nSPS) is 10.0. The zero-order valence-corrected chi connectivity index (χ0v) is 6.55. The molecule has 0 bridgehead atoms. The molecule has 0 aromatic rings. The fourth-order valence-electron chi connectivity index (χ4n) is 0.727. The average Bonchev–Trinajstić information content (AvgIpc) is 1.89. The van der Waals surface area contributed by atoms with E-state index in [1.807, 2.05) is 0 Å². The zero-order valence-electron chi connectivity index (χ0n) is 5.74. The number of hydrogen-bond donors (Lipinski definition) is 0. The second kappa shape index (κ2) is 8.28. The molecule has 2 heteroatoms. The van der Waals surface area contributed by atoms with E-state index in [2.05, 4.69) is 0 Å². The third-order valence-electron chi connectivity index (χ3n) is 1.28. The topological polar surface area (TPSA) is 0 Å². The fourth-order valence-corrected chi connectivity index (χ4v) is 0.931. The first-order valence-electron chi connectivity index (χ1n) is 3.56. The molecule has 9 heavy (non-hydrogen) atoms. The predicted molar refractivity (Wildman–Crippen MR) is 41.5 cm³/mol. The summed E-state index contributed by atoms with van der Waals surface area (Å²) < 4.78 is 11.5. The number of rotatable bonds is 6. The Hall–Kier alpha value is 0.280. The zero-order chi connectivity index (χ0) is 6.95. The Morgan fingerprint density at radius 1 is 0.889 bits per heavy atom. The van der Waals surface area contributed by atoms with Crippen molar-refractivity contribution in [3.8, 4) is 0 Å². The summed E-state index contributed by atoms with van der Waals surface area (Å²) in [6.07, 6.45) is 5.23. The molecule has 0 atom stereocenters. The van der Waals surface area contributed by atoms with E-state index in [1.165, 1.54) is 6.42 Å². The predicted octanol–water partition coefficient (Wildman–Crippen LogP) is 3.10. The van der Waals surface area contributed by atoms with E-state index in [9.17, 15) is 4.39 Å². The van der Waals surface area contributed by atoms with Crippen LogP contribution in [0.4, 0.5) is 4.39 Å². The largest absolute Gasteiger partial charge is 0.251 e. The van der Waals surface area contributed by atoms with Gasteiger partial charge in [0.15, 0.2) is 0 Å². The molecule has 0 aromatic carbocycles. The van der Waals surface area contributed by atoms with E-state index >= 15 is 0 Å². The van der Waals surface area contributed by atoms with Crippen LogP contribution in [0.5, 0.6) is 0 Å². The van der Waals surface area contributed by atoms with Crippen molar-refractivity contribution in [3.63, 3.8) is 0 Å². The van der Waals surface area contributed by atoms with E-state index in [0.29, 0.717) is 0 Å². The van der Waals surface area contributed by atoms with Crippen LogP contribution in [0, 0.1) is 0 Å². The van der Waals surface area contributed by atoms with Crippen LogP contribution < -0.4 is 0 Å². The molecule has 55 valence electrons. The summed E-state index contributed by atoms with van der Waals surface area (Å²) in [7, 11) is 0. The van der Waals surface area contributed by atoms with E-state index in [0.717, 1.165) is 31.4 Å². The SMILES string of the molecule is FCCCCCCC[S]. The summed E-state index contributed by atoms with van der Waals surface area (Å²) in [6, 6.07) is 0. The van der Waals surface area contributed by atoms with Gasteiger partial charge < -0.3 is 0 Å². The van der Waals surface area contributed by atoms with Crippen molar-refractivity contribution < 1.29 is 4.39 Å². The standard InChI is InChI=1S/C7H14FS/c8-6-4-2-1-3-5-7-9/h1-7H2. The molecular weight excluding hydrogens is 135 g/mol. The van der Waals surface area contributed by atoms with Crippen molar-refractivity contribution in [2.45, 2.75) is 32.1 Å². The molecule has 0 fully saturated rings. The number of halogens is 1. The average molecular weight is 149 g/mol. The van der Waals surface area contributed by atoms with Crippen LogP contribution in [-0.4, -0.2) is 12.4 Å². The molecule has 0 rings (SSSR count). The molecule has 0 aromatic heterocycles. The van der Waals surface area contributed by atoms with Gasteiger partial charge in [-0.2, -0.15) is 0 Å². The highest BCUT2D eigenvalue weighted by Crippen LogP contribution is 2.03. The first-order valence-corrected chi connectivity index (χ1v) is 4.13. The highest BCUT2D eigenvalue weighted by atomic mass is 32.1. The van der Waals surface area contributed by atoms with Crippen molar-refractivity contribution in [1.29, 1.82) is 0 Å². The minimum atomic E-state index is -0.159. The Morgan fingerprint density at radius 3 is 2.00 bits per heavy atom. The molecule has 0 aliphatic heterocycles. The van der Waals surface area contributed by atoms with Crippen LogP contribution in [0.3, 0.4) is 0 Å². The van der Waals surface area contributed by atoms with Crippen LogP contribution >= 0.6 is 12.6 Å². The summed E-state index contributed by atoms with van der Waals surface area (Å²) in [5.41, 5.74) is 0. The molecule has 1 radical (unpaired) electrons. The molecule has 0 spiro atoms. The van der Waals surface area contributed by atoms with Gasteiger partial charge in [-0.15, -0.1) is 0 Å². The van der Waals surface area contributed by atoms with E-state index in [-0.39, 0.29) is 6.67 Å². The lowest BCUT2D eigenvalue weighted by molar-refractivity contribution is 0.453. The molecule has 0 amide bonds. The third kappa shape index (κ3) is 8.28. The minimum Gasteiger partial charge on any atom is -0.251 e. The Kier molecular flexibility index (Phi) is 8.54. The first-order chi connectivity index (χ1) is 4.41. The van der Waals surface area contributed by atoms with Crippen LogP contribution in [0.15, 0.2) is 0 Å². The summed E-state index contributed by atoms with van der Waals surface area (Å²) in [5, 5.41) is 0. The molecule has 0 saturated heterocycles. The Labute approximate surface area is 62.2 Å². The molecule has 0 aliphatic rings. The van der Waals surface area contributed by atoms with Crippen LogP contribution in [-0.2, 0) is 0 Å². The lowest BCUT2D eigenvalue weighted by Gasteiger charge is -1.94. The molecule has 0 heterocycles. The van der Waals surface area contributed by atoms with Crippen molar-refractivity contribution in [3.05, 3.63) is 0 Å². The van der Waals surface area contributed by atoms with Crippen LogP contribution in [0.25, 0.3) is 0 Å². The number of hydrogen-bond acceptors (Lipinski definition) is 0. The van der Waals surface area contributed by atoms with Crippen LogP contribution in [0.2, 0.25) is 0 Å². The lowest BCUT2D eigenvalue weighted by Crippen LogP contribution is -1.80. The smallest absolute Gasteiger partial charge is 0.0894 e. The molecule has 0 saturated carbocycles. The van der Waals surface area contributed by atoms with Crippen molar-refractivity contribution in [2.24, 2.45) is 0 Å². The third-order valence-corrected chi connectivity index (χ3v) is 1.57. The second-order valence-corrected chi connectivity index (χ2v) is 2.57. The van der Waals surface area contributed by atoms with Crippen LogP contribution in [0.1, 0.15) is 32.1 Å². The van der Waals surface area contributed by atoms with Gasteiger partial charge in [0.2, 0.25) is 0 Å². The monoisotopic (exact) mass is 149 g/mol. The summed E-state index contributed by atoms with van der Waals surface area (Å²) in [6.45, 7) is -0.159. The van der Waals surface area contributed by atoms with Gasteiger partial charge in [0.25, 0.3) is 0 Å². The molecule has 0 N–H and O–H groups in total. The fraction of sp³-hybridized carbons (Fsp3) is 1.00. The van der Waals surface area contributed by atoms with Crippen molar-refractivity contribution in [2.75, 3.05) is 12.4 Å². The molecule has 0 unspecified atom stereocenters. The van der Waals surface area contributed by atoms with Gasteiger partial charge in [-0.1, -0.05) is 31.9 Å². The van der Waals surface area contributed by atoms with Gasteiger partial charge in [-0.3, -0.25) is 4.39 Å². The molecule has 0 aliphatic carbocycles. The van der Waals surface area contributed by atoms with Gasteiger partial charge in [0, 0.05) is 5.75 Å². The summed E-state index contributed by atoms with van der Waals surface area (Å²) in [4.78, 5) is 0. The number of unbranched alkanes of at least 4 members (excludes halogenated alkanes) is 4. The Balaban J connectivity index is 2.60. The maximum Gasteiger partial charge on any atom is 0.0894 e. The first kappa shape index (κ1) is 9.28. The number of alkyl halides is 1. The van der Waals surface area contributed by atoms with E-state index in [1.54, 1.807) is 0 Å². The highest BCUT2D eigenvalue weighted by Gasteiger charge is 1.87. The van der Waals surface area contributed by atoms with E-state index < -0.39 is 0 Å². The van der Waals surface area contributed by atoms with Gasteiger partial charge in [0.05, 0.1) is 6.67 Å².